The molecule has 0 bridgehead atoms. The van der Waals surface area contributed by atoms with E-state index in [9.17, 15) is 4.79 Å². The fourth-order valence-corrected chi connectivity index (χ4v) is 1.40. The molecule has 0 spiro atoms. The van der Waals surface area contributed by atoms with Crippen LogP contribution in [0.5, 0.6) is 0 Å². The molecule has 0 saturated carbocycles. The third-order valence-corrected chi connectivity index (χ3v) is 1.99. The van der Waals surface area contributed by atoms with E-state index in [-0.39, 0.29) is 0 Å². The highest BCUT2D eigenvalue weighted by molar-refractivity contribution is 5.82. The highest BCUT2D eigenvalue weighted by atomic mass is 16.1. The SMILES string of the molecule is O=C=NCc1cccc2cc[nH]c12. The topological polar surface area (TPSA) is 45.2 Å². The van der Waals surface area contributed by atoms with Crippen LogP contribution in [0.2, 0.25) is 0 Å². The van der Waals surface area contributed by atoms with Gasteiger partial charge in [0.15, 0.2) is 0 Å². The molecule has 64 valence electrons. The first kappa shape index (κ1) is 7.77. The molecule has 2 rings (SSSR count). The molecule has 0 aliphatic carbocycles. The summed E-state index contributed by atoms with van der Waals surface area (Å²) < 4.78 is 0. The highest BCUT2D eigenvalue weighted by Crippen LogP contribution is 2.17. The van der Waals surface area contributed by atoms with Gasteiger partial charge >= 0.3 is 0 Å². The number of benzene rings is 1. The van der Waals surface area contributed by atoms with Gasteiger partial charge in [-0.1, -0.05) is 18.2 Å². The molecule has 0 aliphatic heterocycles. The first-order valence-electron chi connectivity index (χ1n) is 4.00. The molecule has 2 aromatic rings. The molecular formula is C10H8N2O. The summed E-state index contributed by atoms with van der Waals surface area (Å²) in [4.78, 5) is 16.6. The molecule has 0 fully saturated rings. The second-order valence-electron chi connectivity index (χ2n) is 2.77. The zero-order valence-corrected chi connectivity index (χ0v) is 6.95. The van der Waals surface area contributed by atoms with Crippen molar-refractivity contribution < 1.29 is 4.79 Å². The summed E-state index contributed by atoms with van der Waals surface area (Å²) >= 11 is 0. The van der Waals surface area contributed by atoms with Crippen LogP contribution >= 0.6 is 0 Å². The minimum Gasteiger partial charge on any atom is -0.361 e. The average Bonchev–Trinajstić information content (AvgIpc) is 2.62. The van der Waals surface area contributed by atoms with Crippen molar-refractivity contribution in [2.75, 3.05) is 0 Å². The van der Waals surface area contributed by atoms with Gasteiger partial charge in [-0.15, -0.1) is 0 Å². The van der Waals surface area contributed by atoms with E-state index in [1.54, 1.807) is 0 Å². The van der Waals surface area contributed by atoms with Crippen LogP contribution < -0.4 is 0 Å². The minimum atomic E-state index is 0.390. The number of hydrogen-bond acceptors (Lipinski definition) is 2. The summed E-state index contributed by atoms with van der Waals surface area (Å²) in [7, 11) is 0. The van der Waals surface area contributed by atoms with Crippen LogP contribution in [0.1, 0.15) is 5.56 Å². The van der Waals surface area contributed by atoms with Crippen molar-refractivity contribution in [3.8, 4) is 0 Å². The molecule has 13 heavy (non-hydrogen) atoms. The van der Waals surface area contributed by atoms with Gasteiger partial charge in [0, 0.05) is 6.20 Å². The van der Waals surface area contributed by atoms with Gasteiger partial charge in [-0.3, -0.25) is 0 Å². The number of isocyanates is 1. The van der Waals surface area contributed by atoms with Crippen LogP contribution in [0.3, 0.4) is 0 Å². The summed E-state index contributed by atoms with van der Waals surface area (Å²) in [5.74, 6) is 0. The van der Waals surface area contributed by atoms with Crippen molar-refractivity contribution in [3.63, 3.8) is 0 Å². The van der Waals surface area contributed by atoms with Gasteiger partial charge in [-0.2, -0.15) is 0 Å². The van der Waals surface area contributed by atoms with Gasteiger partial charge in [0.05, 0.1) is 12.1 Å². The van der Waals surface area contributed by atoms with Crippen molar-refractivity contribution in [1.29, 1.82) is 0 Å². The number of nitrogens with zero attached hydrogens (tertiary/aromatic N) is 1. The lowest BCUT2D eigenvalue weighted by atomic mass is 10.1. The number of aromatic nitrogens is 1. The van der Waals surface area contributed by atoms with Crippen molar-refractivity contribution in [1.82, 2.24) is 4.98 Å². The summed E-state index contributed by atoms with van der Waals surface area (Å²) in [6.45, 7) is 0.390. The first-order valence-corrected chi connectivity index (χ1v) is 4.00. The Morgan fingerprint density at radius 2 is 2.31 bits per heavy atom. The molecule has 1 N–H and O–H groups in total. The number of rotatable bonds is 2. The Labute approximate surface area is 75.1 Å². The van der Waals surface area contributed by atoms with E-state index >= 15 is 0 Å². The number of aromatic amines is 1. The molecule has 1 aromatic carbocycles. The monoisotopic (exact) mass is 172 g/mol. The van der Waals surface area contributed by atoms with Gasteiger partial charge < -0.3 is 4.98 Å². The van der Waals surface area contributed by atoms with Gasteiger partial charge in [0.25, 0.3) is 0 Å². The summed E-state index contributed by atoms with van der Waals surface area (Å²) in [6, 6.07) is 7.90. The number of carbonyl (C=O) groups excluding carboxylic acids is 1. The Hall–Kier alpha value is -1.86. The van der Waals surface area contributed by atoms with E-state index in [1.807, 2.05) is 30.5 Å². The second kappa shape index (κ2) is 3.25. The van der Waals surface area contributed by atoms with Crippen molar-refractivity contribution in [2.45, 2.75) is 6.54 Å². The van der Waals surface area contributed by atoms with Crippen LogP contribution in [0, 0.1) is 0 Å². The van der Waals surface area contributed by atoms with Crippen LogP contribution in [0.15, 0.2) is 35.5 Å². The van der Waals surface area contributed by atoms with E-state index in [0.29, 0.717) is 6.54 Å². The summed E-state index contributed by atoms with van der Waals surface area (Å²) in [6.07, 6.45) is 3.41. The van der Waals surface area contributed by atoms with Crippen LogP contribution in [-0.4, -0.2) is 11.1 Å². The molecule has 3 heteroatoms. The van der Waals surface area contributed by atoms with Crippen LogP contribution in [-0.2, 0) is 11.3 Å². The zero-order chi connectivity index (χ0) is 9.10. The number of fused-ring (bicyclic) bond motifs is 1. The van der Waals surface area contributed by atoms with Crippen LogP contribution in [0.4, 0.5) is 0 Å². The van der Waals surface area contributed by atoms with Gasteiger partial charge in [0.2, 0.25) is 6.08 Å². The Balaban J connectivity index is 2.54. The maximum absolute atomic E-state index is 9.95. The normalized spacial score (nSPS) is 9.85. The lowest BCUT2D eigenvalue weighted by Gasteiger charge is -1.96. The van der Waals surface area contributed by atoms with Gasteiger partial charge in [0.1, 0.15) is 0 Å². The predicted octanol–water partition coefficient (Wildman–Crippen LogP) is 2.00. The predicted molar refractivity (Wildman–Crippen MR) is 50.1 cm³/mol. The number of nitrogens with one attached hydrogen (secondary N) is 1. The molecule has 0 unspecified atom stereocenters. The quantitative estimate of drug-likeness (QED) is 0.546. The van der Waals surface area contributed by atoms with Crippen LogP contribution in [0.25, 0.3) is 10.9 Å². The molecule has 1 heterocycles. The standard InChI is InChI=1S/C10H8N2O/c13-7-11-6-9-3-1-2-8-4-5-12-10(8)9/h1-5,12H,6H2. The van der Waals surface area contributed by atoms with Crippen molar-refractivity contribution in [3.05, 3.63) is 36.0 Å². The highest BCUT2D eigenvalue weighted by Gasteiger charge is 1.99. The number of aliphatic imine (C=N–C) groups is 1. The van der Waals surface area contributed by atoms with Crippen molar-refractivity contribution >= 4 is 17.0 Å². The molecule has 0 aliphatic rings. The maximum Gasteiger partial charge on any atom is 0.235 e. The fourth-order valence-electron chi connectivity index (χ4n) is 1.40. The largest absolute Gasteiger partial charge is 0.361 e. The molecule has 0 radical (unpaired) electrons. The average molecular weight is 172 g/mol. The number of para-hydroxylation sites is 1. The molecular weight excluding hydrogens is 164 g/mol. The lowest BCUT2D eigenvalue weighted by Crippen LogP contribution is -1.82. The minimum absolute atomic E-state index is 0.390. The van der Waals surface area contributed by atoms with E-state index in [4.69, 9.17) is 0 Å². The third kappa shape index (κ3) is 1.37. The number of hydrogen-bond donors (Lipinski definition) is 1. The fraction of sp³-hybridized carbons (Fsp3) is 0.100. The lowest BCUT2D eigenvalue weighted by molar-refractivity contribution is 0.563. The summed E-state index contributed by atoms with van der Waals surface area (Å²) in [5.41, 5.74) is 2.06. The van der Waals surface area contributed by atoms with Crippen molar-refractivity contribution in [2.24, 2.45) is 4.99 Å². The Morgan fingerprint density at radius 1 is 1.38 bits per heavy atom. The second-order valence-corrected chi connectivity index (χ2v) is 2.77. The molecule has 3 nitrogen and oxygen atoms in total. The molecule has 1 aromatic heterocycles. The van der Waals surface area contributed by atoms with E-state index in [2.05, 4.69) is 9.98 Å². The first-order chi connectivity index (χ1) is 6.42. The maximum atomic E-state index is 9.95. The third-order valence-electron chi connectivity index (χ3n) is 1.99. The van der Waals surface area contributed by atoms with Gasteiger partial charge in [-0.25, -0.2) is 9.79 Å². The Kier molecular flexibility index (Phi) is 1.94. The van der Waals surface area contributed by atoms with E-state index < -0.39 is 0 Å². The zero-order valence-electron chi connectivity index (χ0n) is 6.95. The molecule has 0 saturated heterocycles. The van der Waals surface area contributed by atoms with E-state index in [0.717, 1.165) is 16.5 Å². The summed E-state index contributed by atoms with van der Waals surface area (Å²) in [5, 5.41) is 1.14. The molecule has 0 amide bonds. The Bertz CT molecular complexity index is 466. The smallest absolute Gasteiger partial charge is 0.235 e. The number of H-pyrrole nitrogens is 1. The van der Waals surface area contributed by atoms with E-state index in [1.165, 1.54) is 6.08 Å². The van der Waals surface area contributed by atoms with Gasteiger partial charge in [-0.05, 0) is 17.0 Å². The Morgan fingerprint density at radius 3 is 3.15 bits per heavy atom. The molecule has 0 atom stereocenters.